The van der Waals surface area contributed by atoms with Gasteiger partial charge in [-0.15, -0.1) is 0 Å². The van der Waals surface area contributed by atoms with Crippen molar-refractivity contribution in [2.45, 2.75) is 56.6 Å². The summed E-state index contributed by atoms with van der Waals surface area (Å²) in [5.41, 5.74) is -0.0674. The second-order valence-corrected chi connectivity index (χ2v) is 7.44. The molecule has 1 saturated heterocycles. The van der Waals surface area contributed by atoms with Gasteiger partial charge >= 0.3 is 6.03 Å². The number of urea groups is 1. The Balaban J connectivity index is 1.40. The molecule has 138 valence electrons. The van der Waals surface area contributed by atoms with E-state index in [1.807, 2.05) is 0 Å². The van der Waals surface area contributed by atoms with E-state index >= 15 is 0 Å². The molecule has 1 aromatic rings. The van der Waals surface area contributed by atoms with E-state index in [9.17, 15) is 14.3 Å². The molecule has 6 heteroatoms. The lowest BCUT2D eigenvalue weighted by Crippen LogP contribution is -2.51. The first-order valence-electron chi connectivity index (χ1n) is 9.30. The maximum atomic E-state index is 13.1. The number of benzene rings is 1. The third kappa shape index (κ3) is 5.41. The van der Waals surface area contributed by atoms with Crippen molar-refractivity contribution >= 4 is 11.7 Å². The van der Waals surface area contributed by atoms with Gasteiger partial charge in [0.25, 0.3) is 0 Å². The SMILES string of the molecule is O=C(Nc1cccc(F)c1)NC1CCN(CC2(O)CCCCC2)CC1. The van der Waals surface area contributed by atoms with Crippen LogP contribution in [0.4, 0.5) is 14.9 Å². The molecule has 5 nitrogen and oxygen atoms in total. The molecule has 1 heterocycles. The van der Waals surface area contributed by atoms with Crippen LogP contribution in [0.25, 0.3) is 0 Å². The zero-order valence-corrected chi connectivity index (χ0v) is 14.6. The molecule has 2 amide bonds. The highest BCUT2D eigenvalue weighted by Crippen LogP contribution is 2.29. The van der Waals surface area contributed by atoms with Gasteiger partial charge in [-0.1, -0.05) is 25.3 Å². The fourth-order valence-electron chi connectivity index (χ4n) is 3.94. The highest BCUT2D eigenvalue weighted by Gasteiger charge is 2.32. The number of rotatable bonds is 4. The summed E-state index contributed by atoms with van der Waals surface area (Å²) in [6.07, 6.45) is 7.01. The van der Waals surface area contributed by atoms with Gasteiger partial charge in [-0.2, -0.15) is 0 Å². The van der Waals surface area contributed by atoms with E-state index in [2.05, 4.69) is 15.5 Å². The molecule has 0 bridgehead atoms. The summed E-state index contributed by atoms with van der Waals surface area (Å²) < 4.78 is 13.1. The Kier molecular flexibility index (Phi) is 5.91. The quantitative estimate of drug-likeness (QED) is 0.783. The number of hydrogen-bond acceptors (Lipinski definition) is 3. The molecule has 1 aromatic carbocycles. The van der Waals surface area contributed by atoms with Gasteiger partial charge < -0.3 is 20.6 Å². The van der Waals surface area contributed by atoms with E-state index in [-0.39, 0.29) is 17.9 Å². The number of piperidine rings is 1. The first kappa shape index (κ1) is 18.1. The number of β-amino-alcohol motifs (C(OH)–C–C–N with tert-alkyl or cyclic N) is 1. The largest absolute Gasteiger partial charge is 0.389 e. The van der Waals surface area contributed by atoms with Gasteiger partial charge in [-0.05, 0) is 43.9 Å². The lowest BCUT2D eigenvalue weighted by atomic mass is 9.84. The number of carbonyl (C=O) groups is 1. The second-order valence-electron chi connectivity index (χ2n) is 7.44. The van der Waals surface area contributed by atoms with Gasteiger partial charge in [0.2, 0.25) is 0 Å². The van der Waals surface area contributed by atoms with Crippen LogP contribution in [-0.2, 0) is 0 Å². The second kappa shape index (κ2) is 8.15. The number of nitrogens with zero attached hydrogens (tertiary/aromatic N) is 1. The van der Waals surface area contributed by atoms with Crippen molar-refractivity contribution in [1.29, 1.82) is 0 Å². The Morgan fingerprint density at radius 3 is 2.64 bits per heavy atom. The van der Waals surface area contributed by atoms with E-state index in [1.165, 1.54) is 18.6 Å². The molecule has 0 unspecified atom stereocenters. The van der Waals surface area contributed by atoms with Crippen LogP contribution >= 0.6 is 0 Å². The fourth-order valence-corrected chi connectivity index (χ4v) is 3.94. The van der Waals surface area contributed by atoms with Crippen LogP contribution in [0.3, 0.4) is 0 Å². The van der Waals surface area contributed by atoms with Crippen LogP contribution in [0.1, 0.15) is 44.9 Å². The van der Waals surface area contributed by atoms with Gasteiger partial charge in [0, 0.05) is 31.4 Å². The van der Waals surface area contributed by atoms with Gasteiger partial charge in [-0.25, -0.2) is 9.18 Å². The number of hydrogen-bond donors (Lipinski definition) is 3. The summed E-state index contributed by atoms with van der Waals surface area (Å²) in [6.45, 7) is 2.51. The lowest BCUT2D eigenvalue weighted by Gasteiger charge is -2.40. The van der Waals surface area contributed by atoms with Crippen LogP contribution in [0, 0.1) is 5.82 Å². The van der Waals surface area contributed by atoms with E-state index in [0.717, 1.165) is 58.2 Å². The summed E-state index contributed by atoms with van der Waals surface area (Å²) in [7, 11) is 0. The maximum absolute atomic E-state index is 13.1. The lowest BCUT2D eigenvalue weighted by molar-refractivity contribution is -0.0310. The van der Waals surface area contributed by atoms with E-state index in [1.54, 1.807) is 12.1 Å². The molecular formula is C19H28FN3O2. The fraction of sp³-hybridized carbons (Fsp3) is 0.632. The van der Waals surface area contributed by atoms with Crippen LogP contribution in [0.5, 0.6) is 0 Å². The standard InChI is InChI=1S/C19H28FN3O2/c20-15-5-4-6-17(13-15)22-18(24)21-16-7-11-23(12-8-16)14-19(25)9-2-1-3-10-19/h4-6,13,16,25H,1-3,7-12,14H2,(H2,21,22,24). The van der Waals surface area contributed by atoms with Crippen LogP contribution in [0.15, 0.2) is 24.3 Å². The molecule has 0 atom stereocenters. The molecule has 25 heavy (non-hydrogen) atoms. The maximum Gasteiger partial charge on any atom is 0.319 e. The van der Waals surface area contributed by atoms with Crippen molar-refractivity contribution < 1.29 is 14.3 Å². The molecule has 0 spiro atoms. The summed E-state index contributed by atoms with van der Waals surface area (Å²) in [6, 6.07) is 5.70. The smallest absolute Gasteiger partial charge is 0.319 e. The number of halogens is 1. The summed E-state index contributed by atoms with van der Waals surface area (Å²) >= 11 is 0. The van der Waals surface area contributed by atoms with Gasteiger partial charge in [0.1, 0.15) is 5.82 Å². The first-order chi connectivity index (χ1) is 12.0. The average molecular weight is 349 g/mol. The van der Waals surface area contributed by atoms with Crippen LogP contribution in [0.2, 0.25) is 0 Å². The Hall–Kier alpha value is -1.66. The summed E-state index contributed by atoms with van der Waals surface area (Å²) in [4.78, 5) is 14.4. The zero-order valence-electron chi connectivity index (χ0n) is 14.6. The minimum absolute atomic E-state index is 0.116. The number of anilines is 1. The Morgan fingerprint density at radius 1 is 1.24 bits per heavy atom. The van der Waals surface area contributed by atoms with Crippen LogP contribution < -0.4 is 10.6 Å². The Morgan fingerprint density at radius 2 is 1.96 bits per heavy atom. The molecule has 3 rings (SSSR count). The minimum atomic E-state index is -0.521. The molecule has 3 N–H and O–H groups in total. The van der Waals surface area contributed by atoms with Crippen molar-refractivity contribution in [3.8, 4) is 0 Å². The molecule has 2 aliphatic rings. The predicted octanol–water partition coefficient (Wildman–Crippen LogP) is 3.11. The van der Waals surface area contributed by atoms with Crippen molar-refractivity contribution in [2.75, 3.05) is 25.0 Å². The Labute approximate surface area is 148 Å². The van der Waals surface area contributed by atoms with E-state index in [0.29, 0.717) is 5.69 Å². The minimum Gasteiger partial charge on any atom is -0.389 e. The predicted molar refractivity (Wildman–Crippen MR) is 96.1 cm³/mol. The van der Waals surface area contributed by atoms with Crippen molar-refractivity contribution in [3.63, 3.8) is 0 Å². The molecule has 0 aromatic heterocycles. The normalized spacial score (nSPS) is 21.7. The number of nitrogens with one attached hydrogen (secondary N) is 2. The van der Waals surface area contributed by atoms with Crippen LogP contribution in [-0.4, -0.2) is 47.3 Å². The highest BCUT2D eigenvalue weighted by atomic mass is 19.1. The van der Waals surface area contributed by atoms with Crippen molar-refractivity contribution in [1.82, 2.24) is 10.2 Å². The van der Waals surface area contributed by atoms with Gasteiger partial charge in [0.15, 0.2) is 0 Å². The number of aliphatic hydroxyl groups is 1. The summed E-state index contributed by atoms with van der Waals surface area (Å²) in [5, 5.41) is 16.3. The van der Waals surface area contributed by atoms with Gasteiger partial charge in [-0.3, -0.25) is 0 Å². The zero-order chi connectivity index (χ0) is 17.7. The molecule has 0 radical (unpaired) electrons. The first-order valence-corrected chi connectivity index (χ1v) is 9.30. The van der Waals surface area contributed by atoms with Gasteiger partial charge in [0.05, 0.1) is 5.60 Å². The average Bonchev–Trinajstić information content (AvgIpc) is 2.57. The van der Waals surface area contributed by atoms with Crippen molar-refractivity contribution in [3.05, 3.63) is 30.1 Å². The molecule has 1 aliphatic heterocycles. The van der Waals surface area contributed by atoms with Crippen molar-refractivity contribution in [2.24, 2.45) is 0 Å². The highest BCUT2D eigenvalue weighted by molar-refractivity contribution is 5.89. The molecule has 1 aliphatic carbocycles. The van der Waals surface area contributed by atoms with E-state index < -0.39 is 5.60 Å². The third-order valence-corrected chi connectivity index (χ3v) is 5.31. The number of carbonyl (C=O) groups excluding carboxylic acids is 1. The topological polar surface area (TPSA) is 64.6 Å². The molecular weight excluding hydrogens is 321 g/mol. The number of amides is 2. The number of likely N-dealkylation sites (tertiary alicyclic amines) is 1. The summed E-state index contributed by atoms with van der Waals surface area (Å²) in [5.74, 6) is -0.369. The molecule has 2 fully saturated rings. The third-order valence-electron chi connectivity index (χ3n) is 5.31. The van der Waals surface area contributed by atoms with E-state index in [4.69, 9.17) is 0 Å². The monoisotopic (exact) mass is 349 g/mol. The Bertz CT molecular complexity index is 582. The molecule has 1 saturated carbocycles.